The number of fused-ring (bicyclic) bond motifs is 1. The Balaban J connectivity index is 1.70. The summed E-state index contributed by atoms with van der Waals surface area (Å²) in [4.78, 5) is 15.9. The van der Waals surface area contributed by atoms with Crippen LogP contribution in [0, 0.1) is 11.8 Å². The summed E-state index contributed by atoms with van der Waals surface area (Å²) in [7, 11) is 3.28. The molecule has 2 aromatic carbocycles. The number of ketones is 1. The summed E-state index contributed by atoms with van der Waals surface area (Å²) in [5, 5.41) is 0. The molecule has 4 atom stereocenters. The van der Waals surface area contributed by atoms with E-state index in [2.05, 4.69) is 25.7 Å². The van der Waals surface area contributed by atoms with Crippen LogP contribution in [0.5, 0.6) is 11.5 Å². The molecule has 0 unspecified atom stereocenters. The number of carbonyl (C=O) groups excluding carboxylic acids is 1. The lowest BCUT2D eigenvalue weighted by Gasteiger charge is -2.56. The van der Waals surface area contributed by atoms with E-state index in [9.17, 15) is 4.79 Å². The van der Waals surface area contributed by atoms with Crippen LogP contribution in [0.2, 0.25) is 0 Å². The maximum absolute atomic E-state index is 13.7. The molecule has 2 fully saturated rings. The second kappa shape index (κ2) is 9.24. The van der Waals surface area contributed by atoms with Crippen LogP contribution in [0.3, 0.4) is 0 Å². The van der Waals surface area contributed by atoms with E-state index in [4.69, 9.17) is 14.2 Å². The Morgan fingerprint density at radius 3 is 2.47 bits per heavy atom. The highest BCUT2D eigenvalue weighted by Gasteiger charge is 2.52. The molecule has 0 bridgehead atoms. The Bertz CT molecular complexity index is 942. The van der Waals surface area contributed by atoms with Gasteiger partial charge >= 0.3 is 0 Å². The van der Waals surface area contributed by atoms with Crippen molar-refractivity contribution in [1.29, 1.82) is 0 Å². The zero-order valence-corrected chi connectivity index (χ0v) is 19.8. The van der Waals surface area contributed by atoms with Crippen molar-refractivity contribution < 1.29 is 19.0 Å². The first kappa shape index (κ1) is 22.8. The van der Waals surface area contributed by atoms with Gasteiger partial charge in [-0.05, 0) is 50.3 Å². The zero-order valence-electron chi connectivity index (χ0n) is 19.8. The lowest BCUT2D eigenvalue weighted by molar-refractivity contribution is -0.217. The first-order valence-corrected chi connectivity index (χ1v) is 11.6. The van der Waals surface area contributed by atoms with Crippen molar-refractivity contribution in [3.8, 4) is 11.5 Å². The lowest BCUT2D eigenvalue weighted by atomic mass is 9.69. The maximum atomic E-state index is 13.7. The largest absolute Gasteiger partial charge is 0.493 e. The van der Waals surface area contributed by atoms with Crippen LogP contribution in [-0.2, 0) is 11.3 Å². The van der Waals surface area contributed by atoms with E-state index in [0.29, 0.717) is 35.4 Å². The molecule has 0 N–H and O–H groups in total. The summed E-state index contributed by atoms with van der Waals surface area (Å²) in [6.45, 7) is 7.43. The van der Waals surface area contributed by atoms with Crippen LogP contribution in [0.15, 0.2) is 48.5 Å². The molecule has 4 rings (SSSR count). The van der Waals surface area contributed by atoms with Gasteiger partial charge in [-0.2, -0.15) is 0 Å². The number of benzene rings is 2. The summed E-state index contributed by atoms with van der Waals surface area (Å²) in [6.07, 6.45) is 2.82. The van der Waals surface area contributed by atoms with E-state index in [-0.39, 0.29) is 17.4 Å². The highest BCUT2D eigenvalue weighted by molar-refractivity contribution is 5.99. The molecule has 5 nitrogen and oxygen atoms in total. The summed E-state index contributed by atoms with van der Waals surface area (Å²) < 4.78 is 17.5. The molecule has 1 saturated carbocycles. The first-order chi connectivity index (χ1) is 15.3. The quantitative estimate of drug-likeness (QED) is 0.572. The van der Waals surface area contributed by atoms with E-state index < -0.39 is 6.23 Å². The molecule has 1 aliphatic carbocycles. The van der Waals surface area contributed by atoms with Gasteiger partial charge < -0.3 is 14.2 Å². The van der Waals surface area contributed by atoms with Crippen LogP contribution in [0.4, 0.5) is 0 Å². The Kier molecular flexibility index (Phi) is 6.59. The molecule has 1 saturated heterocycles. The van der Waals surface area contributed by atoms with Gasteiger partial charge in [-0.15, -0.1) is 0 Å². The minimum Gasteiger partial charge on any atom is -0.493 e. The molecule has 0 radical (unpaired) electrons. The molecule has 1 aliphatic heterocycles. The van der Waals surface area contributed by atoms with Gasteiger partial charge in [-0.3, -0.25) is 9.69 Å². The second-order valence-electron chi connectivity index (χ2n) is 9.75. The van der Waals surface area contributed by atoms with E-state index in [1.54, 1.807) is 14.2 Å². The molecular formula is C27H35NO4. The second-order valence-corrected chi connectivity index (χ2v) is 9.75. The number of methoxy groups -OCH3 is 2. The molecule has 2 aliphatic rings. The van der Waals surface area contributed by atoms with E-state index in [0.717, 1.165) is 18.4 Å². The topological polar surface area (TPSA) is 48.0 Å². The highest BCUT2D eigenvalue weighted by Crippen LogP contribution is 2.46. The molecular weight excluding hydrogens is 402 g/mol. The molecule has 0 spiro atoms. The van der Waals surface area contributed by atoms with Crippen molar-refractivity contribution in [3.05, 3.63) is 59.7 Å². The van der Waals surface area contributed by atoms with Crippen LogP contribution >= 0.6 is 0 Å². The fourth-order valence-corrected chi connectivity index (χ4v) is 5.45. The van der Waals surface area contributed by atoms with Crippen molar-refractivity contribution in [2.24, 2.45) is 11.8 Å². The molecule has 1 heterocycles. The number of hydrogen-bond donors (Lipinski definition) is 0. The Morgan fingerprint density at radius 2 is 1.78 bits per heavy atom. The van der Waals surface area contributed by atoms with Crippen molar-refractivity contribution in [2.75, 3.05) is 14.2 Å². The Hall–Kier alpha value is -2.37. The smallest absolute Gasteiger partial charge is 0.206 e. The van der Waals surface area contributed by atoms with Gasteiger partial charge in [0.25, 0.3) is 0 Å². The van der Waals surface area contributed by atoms with Crippen molar-refractivity contribution in [2.45, 2.75) is 64.4 Å². The van der Waals surface area contributed by atoms with Crippen LogP contribution < -0.4 is 9.47 Å². The number of Topliss-reactive ketones (excluding diaryl/α,β-unsaturated/α-hetero) is 1. The molecule has 0 aromatic heterocycles. The first-order valence-electron chi connectivity index (χ1n) is 11.6. The van der Waals surface area contributed by atoms with Crippen LogP contribution in [0.1, 0.15) is 56.0 Å². The van der Waals surface area contributed by atoms with Gasteiger partial charge in [-0.25, -0.2) is 0 Å². The molecule has 172 valence electrons. The monoisotopic (exact) mass is 437 g/mol. The Morgan fingerprint density at radius 1 is 1.06 bits per heavy atom. The summed E-state index contributed by atoms with van der Waals surface area (Å²) in [6, 6.07) is 15.5. The summed E-state index contributed by atoms with van der Waals surface area (Å²) >= 11 is 0. The highest BCUT2D eigenvalue weighted by atomic mass is 16.5. The van der Waals surface area contributed by atoms with Gasteiger partial charge in [0, 0.05) is 23.6 Å². The minimum absolute atomic E-state index is 0.0239. The average Bonchev–Trinajstić information content (AvgIpc) is 2.80. The van der Waals surface area contributed by atoms with Gasteiger partial charge in [0.05, 0.1) is 20.3 Å². The lowest BCUT2D eigenvalue weighted by Crippen LogP contribution is -2.66. The van der Waals surface area contributed by atoms with E-state index in [1.807, 2.05) is 48.5 Å². The third-order valence-electron chi connectivity index (χ3n) is 7.37. The maximum Gasteiger partial charge on any atom is 0.206 e. The summed E-state index contributed by atoms with van der Waals surface area (Å²) in [5.74, 6) is 2.42. The fourth-order valence-electron chi connectivity index (χ4n) is 5.45. The molecule has 5 heteroatoms. The van der Waals surface area contributed by atoms with E-state index in [1.165, 1.54) is 6.42 Å². The molecule has 0 amide bonds. The van der Waals surface area contributed by atoms with Crippen LogP contribution in [-0.4, -0.2) is 42.8 Å². The fraction of sp³-hybridized carbons (Fsp3) is 0.519. The third kappa shape index (κ3) is 4.28. The summed E-state index contributed by atoms with van der Waals surface area (Å²) in [5.41, 5.74) is 1.56. The number of carbonyl (C=O) groups is 1. The van der Waals surface area contributed by atoms with Crippen LogP contribution in [0.25, 0.3) is 0 Å². The SMILES string of the molecule is COc1ccc(CN2[C@H](C(=O)c3ccccc3)O[C@@H]3C[C@H](C)CC[C@H]3C2(C)C)cc1OC. The minimum atomic E-state index is -0.618. The van der Waals surface area contributed by atoms with Gasteiger partial charge in [-0.1, -0.05) is 49.7 Å². The third-order valence-corrected chi connectivity index (χ3v) is 7.37. The average molecular weight is 438 g/mol. The standard InChI is InChI=1S/C27H35NO4/c1-18-11-13-21-23(15-18)32-26(25(29)20-9-7-6-8-10-20)28(27(21,2)3)17-19-12-14-22(30-4)24(16-19)31-5/h6-10,12,14,16,18,21,23,26H,11,13,15,17H2,1-5H3/t18-,21-,23-,26+/m1/s1. The van der Waals surface area contributed by atoms with Gasteiger partial charge in [0.2, 0.25) is 5.78 Å². The van der Waals surface area contributed by atoms with Gasteiger partial charge in [0.1, 0.15) is 0 Å². The molecule has 32 heavy (non-hydrogen) atoms. The predicted octanol–water partition coefficient (Wildman–Crippen LogP) is 5.33. The normalized spacial score (nSPS) is 27.4. The Labute approximate surface area is 191 Å². The number of ether oxygens (including phenoxy) is 3. The van der Waals surface area contributed by atoms with Crippen molar-refractivity contribution in [3.63, 3.8) is 0 Å². The zero-order chi connectivity index (χ0) is 22.9. The van der Waals surface area contributed by atoms with Gasteiger partial charge in [0.15, 0.2) is 17.7 Å². The van der Waals surface area contributed by atoms with Crippen molar-refractivity contribution >= 4 is 5.78 Å². The number of nitrogens with zero attached hydrogens (tertiary/aromatic N) is 1. The van der Waals surface area contributed by atoms with E-state index >= 15 is 0 Å². The predicted molar refractivity (Wildman–Crippen MR) is 125 cm³/mol. The number of rotatable bonds is 6. The van der Waals surface area contributed by atoms with Crippen molar-refractivity contribution in [1.82, 2.24) is 4.90 Å². The molecule has 2 aromatic rings. The number of hydrogen-bond acceptors (Lipinski definition) is 5.